The van der Waals surface area contributed by atoms with Crippen LogP contribution in [0.4, 0.5) is 0 Å². The second kappa shape index (κ2) is 7.41. The van der Waals surface area contributed by atoms with Crippen LogP contribution in [0, 0.1) is 11.8 Å². The summed E-state index contributed by atoms with van der Waals surface area (Å²) in [6, 6.07) is 9.03. The molecule has 4 atom stereocenters. The third kappa shape index (κ3) is 3.58. The molecule has 1 aromatic rings. The maximum Gasteiger partial charge on any atom is 0.308 e. The highest BCUT2D eigenvalue weighted by Gasteiger charge is 2.45. The molecule has 4 rings (SSSR count). The summed E-state index contributed by atoms with van der Waals surface area (Å²) in [6.07, 6.45) is 2.85. The number of morpholine rings is 1. The lowest BCUT2D eigenvalue weighted by atomic mass is 9.74. The highest BCUT2D eigenvalue weighted by molar-refractivity contribution is 5.71. The topological polar surface area (TPSA) is 73.8 Å². The molecule has 0 bridgehead atoms. The summed E-state index contributed by atoms with van der Waals surface area (Å²) in [5, 5.41) is 9.45. The first-order chi connectivity index (χ1) is 12.2. The van der Waals surface area contributed by atoms with Crippen LogP contribution in [0.1, 0.15) is 36.4 Å². The Kier molecular flexibility index (Phi) is 5.03. The summed E-state index contributed by atoms with van der Waals surface area (Å²) < 4.78 is 5.40. The summed E-state index contributed by atoms with van der Waals surface area (Å²) in [5.41, 5.74) is 9.19. The van der Waals surface area contributed by atoms with Crippen LogP contribution in [-0.4, -0.2) is 48.3 Å². The predicted octanol–water partition coefficient (Wildman–Crippen LogP) is 1.54. The minimum Gasteiger partial charge on any atom is -0.481 e. The molecule has 1 aliphatic carbocycles. The molecule has 1 saturated carbocycles. The van der Waals surface area contributed by atoms with Gasteiger partial charge in [0.05, 0.1) is 25.2 Å². The third-order valence-corrected chi connectivity index (χ3v) is 5.95. The maximum atomic E-state index is 11.5. The predicted molar refractivity (Wildman–Crippen MR) is 93.8 cm³/mol. The third-order valence-electron chi connectivity index (χ3n) is 5.95. The van der Waals surface area contributed by atoms with Gasteiger partial charge in [-0.15, -0.1) is 0 Å². The van der Waals surface area contributed by atoms with Crippen molar-refractivity contribution in [1.82, 2.24) is 15.8 Å². The van der Waals surface area contributed by atoms with Crippen LogP contribution in [0.15, 0.2) is 24.3 Å². The van der Waals surface area contributed by atoms with Crippen molar-refractivity contribution < 1.29 is 14.6 Å². The number of carboxylic acid groups (broad SMARTS) is 1. The molecule has 6 nitrogen and oxygen atoms in total. The van der Waals surface area contributed by atoms with E-state index in [1.165, 1.54) is 11.1 Å². The van der Waals surface area contributed by atoms with E-state index in [1.54, 1.807) is 0 Å². The molecule has 0 amide bonds. The Morgan fingerprint density at radius 3 is 2.64 bits per heavy atom. The van der Waals surface area contributed by atoms with Crippen LogP contribution < -0.4 is 10.9 Å². The largest absolute Gasteiger partial charge is 0.481 e. The molecule has 3 aliphatic rings. The normalized spacial score (nSPS) is 33.1. The van der Waals surface area contributed by atoms with E-state index >= 15 is 0 Å². The Bertz CT molecular complexity index is 600. The van der Waals surface area contributed by atoms with Crippen molar-refractivity contribution in [2.24, 2.45) is 11.8 Å². The van der Waals surface area contributed by atoms with Gasteiger partial charge in [-0.1, -0.05) is 30.7 Å². The van der Waals surface area contributed by atoms with Gasteiger partial charge in [-0.3, -0.25) is 15.1 Å². The van der Waals surface area contributed by atoms with Crippen molar-refractivity contribution in [2.75, 3.05) is 26.3 Å². The Balaban J connectivity index is 1.42. The fraction of sp³-hybridized carbons (Fsp3) is 0.632. The van der Waals surface area contributed by atoms with Gasteiger partial charge in [0.15, 0.2) is 0 Å². The molecule has 25 heavy (non-hydrogen) atoms. The number of hydrogen-bond donors (Lipinski definition) is 3. The fourth-order valence-corrected chi connectivity index (χ4v) is 4.56. The summed E-state index contributed by atoms with van der Waals surface area (Å²) in [6.45, 7) is 4.60. The van der Waals surface area contributed by atoms with E-state index in [-0.39, 0.29) is 18.0 Å². The van der Waals surface area contributed by atoms with Gasteiger partial charge >= 0.3 is 5.97 Å². The molecular formula is C19H27N3O3. The van der Waals surface area contributed by atoms with Gasteiger partial charge < -0.3 is 9.84 Å². The van der Waals surface area contributed by atoms with Crippen molar-refractivity contribution in [3.8, 4) is 0 Å². The van der Waals surface area contributed by atoms with E-state index in [0.29, 0.717) is 5.92 Å². The summed E-state index contributed by atoms with van der Waals surface area (Å²) in [5.74, 6) is -0.609. The zero-order chi connectivity index (χ0) is 17.2. The molecule has 1 aromatic carbocycles. The first kappa shape index (κ1) is 17.0. The van der Waals surface area contributed by atoms with Gasteiger partial charge in [-0.05, 0) is 29.9 Å². The maximum absolute atomic E-state index is 11.5. The average Bonchev–Trinajstić information content (AvgIpc) is 3.07. The van der Waals surface area contributed by atoms with Gasteiger partial charge in [0.25, 0.3) is 0 Å². The van der Waals surface area contributed by atoms with E-state index in [2.05, 4.69) is 40.0 Å². The van der Waals surface area contributed by atoms with Crippen LogP contribution in [-0.2, 0) is 16.1 Å². The van der Waals surface area contributed by atoms with Crippen molar-refractivity contribution in [3.05, 3.63) is 35.4 Å². The Labute approximate surface area is 148 Å². The number of benzene rings is 1. The number of rotatable bonds is 4. The van der Waals surface area contributed by atoms with Crippen LogP contribution >= 0.6 is 0 Å². The second-order valence-corrected chi connectivity index (χ2v) is 7.46. The van der Waals surface area contributed by atoms with E-state index in [0.717, 1.165) is 52.1 Å². The zero-order valence-corrected chi connectivity index (χ0v) is 14.5. The van der Waals surface area contributed by atoms with Crippen molar-refractivity contribution in [1.29, 1.82) is 0 Å². The van der Waals surface area contributed by atoms with Crippen LogP contribution in [0.3, 0.4) is 0 Å². The molecule has 2 saturated heterocycles. The van der Waals surface area contributed by atoms with Crippen LogP contribution in [0.2, 0.25) is 0 Å². The first-order valence-corrected chi connectivity index (χ1v) is 9.35. The summed E-state index contributed by atoms with van der Waals surface area (Å²) in [7, 11) is 0. The molecule has 2 aliphatic heterocycles. The standard InChI is InChI=1S/C19H27N3O3/c23-19(24)16-3-1-2-15-17(20-21-18(15)16)14-6-4-13(5-7-14)12-22-8-10-25-11-9-22/h4-7,15-18,20-21H,1-3,8-12H2,(H,23,24). The second-order valence-electron chi connectivity index (χ2n) is 7.46. The molecule has 2 heterocycles. The van der Waals surface area contributed by atoms with Gasteiger partial charge in [0, 0.05) is 25.7 Å². The highest BCUT2D eigenvalue weighted by Crippen LogP contribution is 2.40. The average molecular weight is 345 g/mol. The lowest BCUT2D eigenvalue weighted by Gasteiger charge is -2.32. The number of carboxylic acids is 1. The molecule has 6 heteroatoms. The van der Waals surface area contributed by atoms with Crippen molar-refractivity contribution >= 4 is 5.97 Å². The quantitative estimate of drug-likeness (QED) is 0.769. The number of nitrogens with one attached hydrogen (secondary N) is 2. The lowest BCUT2D eigenvalue weighted by molar-refractivity contribution is -0.144. The van der Waals surface area contributed by atoms with E-state index < -0.39 is 5.97 Å². The van der Waals surface area contributed by atoms with Crippen LogP contribution in [0.25, 0.3) is 0 Å². The Hall–Kier alpha value is -1.47. The number of aliphatic carboxylic acids is 1. The van der Waals surface area contributed by atoms with Crippen molar-refractivity contribution in [3.63, 3.8) is 0 Å². The molecular weight excluding hydrogens is 318 g/mol. The monoisotopic (exact) mass is 345 g/mol. The summed E-state index contributed by atoms with van der Waals surface area (Å²) in [4.78, 5) is 13.9. The molecule has 136 valence electrons. The van der Waals surface area contributed by atoms with Gasteiger partial charge in [-0.2, -0.15) is 0 Å². The first-order valence-electron chi connectivity index (χ1n) is 9.35. The number of carbonyl (C=O) groups is 1. The van der Waals surface area contributed by atoms with Gasteiger partial charge in [0.1, 0.15) is 0 Å². The Morgan fingerprint density at radius 1 is 1.16 bits per heavy atom. The number of ether oxygens (including phenoxy) is 1. The lowest BCUT2D eigenvalue weighted by Crippen LogP contribution is -2.43. The van der Waals surface area contributed by atoms with Gasteiger partial charge in [-0.25, -0.2) is 5.43 Å². The van der Waals surface area contributed by atoms with E-state index in [4.69, 9.17) is 4.74 Å². The molecule has 4 unspecified atom stereocenters. The number of nitrogens with zero attached hydrogens (tertiary/aromatic N) is 1. The number of fused-ring (bicyclic) bond motifs is 1. The van der Waals surface area contributed by atoms with E-state index in [9.17, 15) is 9.90 Å². The number of hydrogen-bond acceptors (Lipinski definition) is 5. The minimum absolute atomic E-state index is 0.0317. The molecule has 3 fully saturated rings. The smallest absolute Gasteiger partial charge is 0.308 e. The van der Waals surface area contributed by atoms with Crippen molar-refractivity contribution in [2.45, 2.75) is 37.9 Å². The molecule has 0 aromatic heterocycles. The summed E-state index contributed by atoms with van der Waals surface area (Å²) >= 11 is 0. The zero-order valence-electron chi connectivity index (χ0n) is 14.5. The highest BCUT2D eigenvalue weighted by atomic mass is 16.5. The number of hydrazine groups is 1. The SMILES string of the molecule is O=C(O)C1CCCC2C(c3ccc(CN4CCOCC4)cc3)NNC12. The van der Waals surface area contributed by atoms with Gasteiger partial charge in [0.2, 0.25) is 0 Å². The van der Waals surface area contributed by atoms with E-state index in [1.807, 2.05) is 0 Å². The molecule has 3 N–H and O–H groups in total. The Morgan fingerprint density at radius 2 is 1.92 bits per heavy atom. The molecule has 0 spiro atoms. The fourth-order valence-electron chi connectivity index (χ4n) is 4.56. The van der Waals surface area contributed by atoms with Crippen LogP contribution in [0.5, 0.6) is 0 Å². The molecule has 0 radical (unpaired) electrons. The minimum atomic E-state index is -0.675.